The second-order valence-corrected chi connectivity index (χ2v) is 8.25. The molecule has 0 spiro atoms. The number of amides is 1. The third kappa shape index (κ3) is 4.93. The molecule has 0 bridgehead atoms. The average molecular weight is 376 g/mol. The highest BCUT2D eigenvalue weighted by atomic mass is 16.5. The van der Waals surface area contributed by atoms with E-state index in [-0.39, 0.29) is 23.4 Å². The molecule has 3 atom stereocenters. The first-order chi connectivity index (χ1) is 12.9. The van der Waals surface area contributed by atoms with Crippen molar-refractivity contribution in [1.29, 1.82) is 0 Å². The number of methoxy groups -OCH3 is 2. The third-order valence-corrected chi connectivity index (χ3v) is 6.01. The molecule has 3 N–H and O–H groups in total. The lowest BCUT2D eigenvalue weighted by Gasteiger charge is -2.37. The summed E-state index contributed by atoms with van der Waals surface area (Å²) in [4.78, 5) is 15.1. The van der Waals surface area contributed by atoms with Gasteiger partial charge < -0.3 is 20.5 Å². The smallest absolute Gasteiger partial charge is 0.225 e. The summed E-state index contributed by atoms with van der Waals surface area (Å²) < 4.78 is 10.7. The van der Waals surface area contributed by atoms with Crippen molar-refractivity contribution in [1.82, 2.24) is 10.2 Å². The molecule has 1 aliphatic heterocycles. The van der Waals surface area contributed by atoms with Crippen LogP contribution in [0.15, 0.2) is 18.2 Å². The number of carbonyl (C=O) groups excluding carboxylic acids is 1. The number of ether oxygens (including phenoxy) is 2. The van der Waals surface area contributed by atoms with Gasteiger partial charge >= 0.3 is 0 Å². The molecule has 1 aromatic carbocycles. The van der Waals surface area contributed by atoms with Gasteiger partial charge in [-0.3, -0.25) is 9.69 Å². The molecule has 1 aliphatic carbocycles. The Morgan fingerprint density at radius 1 is 1.22 bits per heavy atom. The van der Waals surface area contributed by atoms with Gasteiger partial charge in [-0.15, -0.1) is 0 Å². The minimum atomic E-state index is -0.377. The van der Waals surface area contributed by atoms with Gasteiger partial charge in [-0.2, -0.15) is 0 Å². The Hall–Kier alpha value is -1.79. The SMILES string of the molecule is COc1cc(CN2CCC(NC(=O)C3CCCCC3(C)N)C2)cc(OC)c1. The van der Waals surface area contributed by atoms with Crippen molar-refractivity contribution in [2.45, 2.75) is 57.2 Å². The molecule has 6 heteroatoms. The van der Waals surface area contributed by atoms with Crippen molar-refractivity contribution in [3.8, 4) is 11.5 Å². The fourth-order valence-electron chi connectivity index (χ4n) is 4.40. The highest BCUT2D eigenvalue weighted by molar-refractivity contribution is 5.80. The van der Waals surface area contributed by atoms with Gasteiger partial charge in [0, 0.05) is 37.3 Å². The first-order valence-corrected chi connectivity index (χ1v) is 9.95. The van der Waals surface area contributed by atoms with Crippen LogP contribution in [0.2, 0.25) is 0 Å². The number of nitrogens with one attached hydrogen (secondary N) is 1. The first kappa shape index (κ1) is 20.0. The van der Waals surface area contributed by atoms with E-state index in [0.29, 0.717) is 0 Å². The van der Waals surface area contributed by atoms with Crippen LogP contribution in [0.4, 0.5) is 0 Å². The number of benzene rings is 1. The van der Waals surface area contributed by atoms with E-state index in [9.17, 15) is 4.79 Å². The summed E-state index contributed by atoms with van der Waals surface area (Å²) in [5.41, 5.74) is 7.16. The van der Waals surface area contributed by atoms with E-state index in [0.717, 1.165) is 68.8 Å². The number of nitrogens with zero attached hydrogens (tertiary/aromatic N) is 1. The Labute approximate surface area is 162 Å². The Morgan fingerprint density at radius 2 is 1.93 bits per heavy atom. The average Bonchev–Trinajstić information content (AvgIpc) is 3.07. The Kier molecular flexibility index (Phi) is 6.27. The van der Waals surface area contributed by atoms with Crippen LogP contribution in [0, 0.1) is 5.92 Å². The molecule has 2 fully saturated rings. The highest BCUT2D eigenvalue weighted by Gasteiger charge is 2.38. The zero-order chi connectivity index (χ0) is 19.4. The van der Waals surface area contributed by atoms with E-state index in [1.165, 1.54) is 0 Å². The molecule has 1 saturated heterocycles. The van der Waals surface area contributed by atoms with Crippen LogP contribution < -0.4 is 20.5 Å². The maximum Gasteiger partial charge on any atom is 0.225 e. The van der Waals surface area contributed by atoms with Gasteiger partial charge in [0.15, 0.2) is 0 Å². The lowest BCUT2D eigenvalue weighted by molar-refractivity contribution is -0.128. The van der Waals surface area contributed by atoms with E-state index in [1.54, 1.807) is 14.2 Å². The number of hydrogen-bond donors (Lipinski definition) is 2. The standard InChI is InChI=1S/C21H33N3O3/c1-21(22)8-5-4-6-19(21)20(25)23-16-7-9-24(14-16)13-15-10-17(26-2)12-18(11-15)27-3/h10-12,16,19H,4-9,13-14,22H2,1-3H3,(H,23,25). The van der Waals surface area contributed by atoms with Gasteiger partial charge in [-0.25, -0.2) is 0 Å². The maximum atomic E-state index is 12.8. The number of hydrogen-bond acceptors (Lipinski definition) is 5. The summed E-state index contributed by atoms with van der Waals surface area (Å²) in [6.45, 7) is 4.67. The van der Waals surface area contributed by atoms with Crippen molar-refractivity contribution in [3.63, 3.8) is 0 Å². The molecule has 1 aromatic rings. The van der Waals surface area contributed by atoms with E-state index in [2.05, 4.69) is 10.2 Å². The van der Waals surface area contributed by atoms with Gasteiger partial charge in [0.1, 0.15) is 11.5 Å². The summed E-state index contributed by atoms with van der Waals surface area (Å²) >= 11 is 0. The van der Waals surface area contributed by atoms with Crippen molar-refractivity contribution in [2.75, 3.05) is 27.3 Å². The van der Waals surface area contributed by atoms with Crippen LogP contribution >= 0.6 is 0 Å². The molecule has 1 saturated carbocycles. The van der Waals surface area contributed by atoms with Gasteiger partial charge in [0.05, 0.1) is 20.1 Å². The molecule has 0 radical (unpaired) electrons. The fraction of sp³-hybridized carbons (Fsp3) is 0.667. The van der Waals surface area contributed by atoms with Gasteiger partial charge in [0.2, 0.25) is 5.91 Å². The molecule has 1 amide bonds. The predicted octanol–water partition coefficient (Wildman–Crippen LogP) is 2.30. The number of rotatable bonds is 6. The summed E-state index contributed by atoms with van der Waals surface area (Å²) in [5.74, 6) is 1.67. The van der Waals surface area contributed by atoms with E-state index < -0.39 is 0 Å². The van der Waals surface area contributed by atoms with Gasteiger partial charge in [-0.05, 0) is 43.9 Å². The van der Waals surface area contributed by atoms with Crippen LogP contribution in [0.25, 0.3) is 0 Å². The zero-order valence-corrected chi connectivity index (χ0v) is 16.8. The van der Waals surface area contributed by atoms with E-state index >= 15 is 0 Å². The molecule has 6 nitrogen and oxygen atoms in total. The summed E-state index contributed by atoms with van der Waals surface area (Å²) in [6, 6.07) is 6.15. The minimum Gasteiger partial charge on any atom is -0.497 e. The van der Waals surface area contributed by atoms with Crippen molar-refractivity contribution in [3.05, 3.63) is 23.8 Å². The summed E-state index contributed by atoms with van der Waals surface area (Å²) in [5, 5.41) is 3.26. The molecule has 3 unspecified atom stereocenters. The zero-order valence-electron chi connectivity index (χ0n) is 16.8. The van der Waals surface area contributed by atoms with E-state index in [1.807, 2.05) is 25.1 Å². The number of likely N-dealkylation sites (tertiary alicyclic amines) is 1. The van der Waals surface area contributed by atoms with Crippen LogP contribution in [0.5, 0.6) is 11.5 Å². The Morgan fingerprint density at radius 3 is 2.56 bits per heavy atom. The fourth-order valence-corrected chi connectivity index (χ4v) is 4.40. The second-order valence-electron chi connectivity index (χ2n) is 8.25. The molecular formula is C21H33N3O3. The number of nitrogens with two attached hydrogens (primary N) is 1. The van der Waals surface area contributed by atoms with Crippen LogP contribution in [0.1, 0.15) is 44.6 Å². The topological polar surface area (TPSA) is 76.8 Å². The first-order valence-electron chi connectivity index (χ1n) is 9.95. The van der Waals surface area contributed by atoms with Crippen molar-refractivity contribution >= 4 is 5.91 Å². The Bertz CT molecular complexity index is 640. The molecule has 2 aliphatic rings. The lowest BCUT2D eigenvalue weighted by Crippen LogP contribution is -2.54. The summed E-state index contributed by atoms with van der Waals surface area (Å²) in [7, 11) is 3.33. The summed E-state index contributed by atoms with van der Waals surface area (Å²) in [6.07, 6.45) is 5.02. The quantitative estimate of drug-likeness (QED) is 0.798. The molecule has 27 heavy (non-hydrogen) atoms. The molecule has 1 heterocycles. The van der Waals surface area contributed by atoms with E-state index in [4.69, 9.17) is 15.2 Å². The maximum absolute atomic E-state index is 12.8. The molecule has 3 rings (SSSR count). The predicted molar refractivity (Wildman–Crippen MR) is 106 cm³/mol. The minimum absolute atomic E-state index is 0.0667. The van der Waals surface area contributed by atoms with Crippen LogP contribution in [0.3, 0.4) is 0 Å². The normalized spacial score (nSPS) is 28.7. The lowest BCUT2D eigenvalue weighted by atomic mass is 9.74. The van der Waals surface area contributed by atoms with Crippen molar-refractivity contribution < 1.29 is 14.3 Å². The Balaban J connectivity index is 1.55. The van der Waals surface area contributed by atoms with Gasteiger partial charge in [0.25, 0.3) is 0 Å². The molecule has 150 valence electrons. The highest BCUT2D eigenvalue weighted by Crippen LogP contribution is 2.32. The molecule has 0 aromatic heterocycles. The molecular weight excluding hydrogens is 342 g/mol. The van der Waals surface area contributed by atoms with Crippen LogP contribution in [-0.2, 0) is 11.3 Å². The van der Waals surface area contributed by atoms with Gasteiger partial charge in [-0.1, -0.05) is 12.8 Å². The monoisotopic (exact) mass is 375 g/mol. The largest absolute Gasteiger partial charge is 0.497 e. The van der Waals surface area contributed by atoms with Crippen LogP contribution in [-0.4, -0.2) is 49.7 Å². The number of carbonyl (C=O) groups is 1. The second kappa shape index (κ2) is 8.48. The third-order valence-electron chi connectivity index (χ3n) is 6.01. The van der Waals surface area contributed by atoms with Crippen molar-refractivity contribution in [2.24, 2.45) is 11.7 Å².